The van der Waals surface area contributed by atoms with Crippen molar-refractivity contribution >= 4 is 51.1 Å². The van der Waals surface area contributed by atoms with E-state index in [2.05, 4.69) is 51.2 Å². The van der Waals surface area contributed by atoms with Crippen LogP contribution in [0.3, 0.4) is 0 Å². The Morgan fingerprint density at radius 3 is 2.81 bits per heavy atom. The van der Waals surface area contributed by atoms with Crippen molar-refractivity contribution in [1.82, 2.24) is 19.8 Å². The molecule has 4 rings (SSSR count). The second-order valence-electron chi connectivity index (χ2n) is 4.44. The Bertz CT molecular complexity index is 911. The van der Waals surface area contributed by atoms with E-state index in [4.69, 9.17) is 0 Å². The molecule has 0 amide bonds. The molecule has 0 spiro atoms. The summed E-state index contributed by atoms with van der Waals surface area (Å²) >= 11 is 4.92. The van der Waals surface area contributed by atoms with Crippen LogP contribution in [0.1, 0.15) is 15.4 Å². The summed E-state index contributed by atoms with van der Waals surface area (Å²) in [4.78, 5) is 3.17. The van der Waals surface area contributed by atoms with Gasteiger partial charge in [-0.05, 0) is 47.5 Å². The average molecular weight is 330 g/mol. The van der Waals surface area contributed by atoms with E-state index in [9.17, 15) is 0 Å². The molecule has 0 aromatic carbocycles. The quantitative estimate of drug-likeness (QED) is 0.557. The molecule has 0 radical (unpaired) electrons. The largest absolute Gasteiger partial charge is 0.235 e. The molecular weight excluding hydrogens is 320 g/mol. The maximum absolute atomic E-state index is 4.60. The van der Waals surface area contributed by atoms with Crippen molar-refractivity contribution in [3.63, 3.8) is 0 Å². The minimum absolute atomic E-state index is 0.823. The zero-order valence-corrected chi connectivity index (χ0v) is 13.5. The number of fused-ring (bicyclic) bond motifs is 1. The molecular formula is C14H10N4S3. The lowest BCUT2D eigenvalue weighted by molar-refractivity contribution is 0.961. The predicted molar refractivity (Wildman–Crippen MR) is 90.0 cm³/mol. The molecule has 0 unspecified atom stereocenters. The molecule has 0 aliphatic heterocycles. The Kier molecular flexibility index (Phi) is 3.17. The van der Waals surface area contributed by atoms with Gasteiger partial charge in [0.15, 0.2) is 5.82 Å². The van der Waals surface area contributed by atoms with Gasteiger partial charge in [0.25, 0.3) is 0 Å². The molecule has 4 heterocycles. The van der Waals surface area contributed by atoms with Gasteiger partial charge in [0.05, 0.1) is 4.88 Å². The third kappa shape index (κ3) is 2.33. The van der Waals surface area contributed by atoms with Gasteiger partial charge in [0.2, 0.25) is 4.96 Å². The van der Waals surface area contributed by atoms with E-state index in [1.807, 2.05) is 16.7 Å². The molecule has 0 saturated carbocycles. The van der Waals surface area contributed by atoms with E-state index in [1.165, 1.54) is 10.4 Å². The summed E-state index contributed by atoms with van der Waals surface area (Å²) in [5, 5.41) is 18.2. The molecule has 0 saturated heterocycles. The molecule has 0 fully saturated rings. The van der Waals surface area contributed by atoms with Crippen LogP contribution in [0.15, 0.2) is 29.0 Å². The van der Waals surface area contributed by atoms with E-state index in [0.29, 0.717) is 0 Å². The van der Waals surface area contributed by atoms with E-state index in [-0.39, 0.29) is 0 Å². The van der Waals surface area contributed by atoms with Crippen molar-refractivity contribution < 1.29 is 0 Å². The summed E-state index contributed by atoms with van der Waals surface area (Å²) in [6, 6.07) is 6.22. The van der Waals surface area contributed by atoms with Gasteiger partial charge < -0.3 is 0 Å². The Labute approximate surface area is 133 Å². The number of thiophene rings is 2. The van der Waals surface area contributed by atoms with Gasteiger partial charge in [-0.1, -0.05) is 17.4 Å². The number of hydrogen-bond acceptors (Lipinski definition) is 6. The van der Waals surface area contributed by atoms with Crippen LogP contribution in [0.5, 0.6) is 0 Å². The van der Waals surface area contributed by atoms with Gasteiger partial charge >= 0.3 is 0 Å². The molecule has 4 aromatic heterocycles. The second-order valence-corrected chi connectivity index (χ2v) is 7.32. The Morgan fingerprint density at radius 2 is 2.05 bits per heavy atom. The van der Waals surface area contributed by atoms with Crippen molar-refractivity contribution in [2.24, 2.45) is 0 Å². The van der Waals surface area contributed by atoms with Crippen molar-refractivity contribution in [3.8, 4) is 10.7 Å². The summed E-state index contributed by atoms with van der Waals surface area (Å²) in [7, 11) is 0. The van der Waals surface area contributed by atoms with Crippen LogP contribution in [-0.4, -0.2) is 19.8 Å². The number of rotatable bonds is 3. The molecule has 0 atom stereocenters. The fourth-order valence-electron chi connectivity index (χ4n) is 1.98. The third-order valence-corrected chi connectivity index (χ3v) is 5.72. The summed E-state index contributed by atoms with van der Waals surface area (Å²) in [5.41, 5.74) is 1.21. The summed E-state index contributed by atoms with van der Waals surface area (Å²) in [5.74, 6) is 0.824. The smallest absolute Gasteiger partial charge is 0.181 e. The lowest BCUT2D eigenvalue weighted by atomic mass is 10.3. The monoisotopic (exact) mass is 330 g/mol. The minimum atomic E-state index is 0.823. The highest BCUT2D eigenvalue weighted by Crippen LogP contribution is 2.29. The first kappa shape index (κ1) is 12.9. The highest BCUT2D eigenvalue weighted by molar-refractivity contribution is 7.17. The van der Waals surface area contributed by atoms with Crippen LogP contribution in [-0.2, 0) is 0 Å². The first-order chi connectivity index (χ1) is 10.3. The number of aryl methyl sites for hydroxylation is 1. The minimum Gasteiger partial charge on any atom is -0.181 e. The zero-order valence-electron chi connectivity index (χ0n) is 11.1. The number of aromatic nitrogens is 4. The first-order valence-electron chi connectivity index (χ1n) is 6.29. The summed E-state index contributed by atoms with van der Waals surface area (Å²) < 4.78 is 1.83. The van der Waals surface area contributed by atoms with Gasteiger partial charge in [0, 0.05) is 4.88 Å². The zero-order chi connectivity index (χ0) is 14.2. The molecule has 104 valence electrons. The van der Waals surface area contributed by atoms with E-state index in [0.717, 1.165) is 20.7 Å². The second kappa shape index (κ2) is 5.18. The summed E-state index contributed by atoms with van der Waals surface area (Å²) in [6.07, 6.45) is 4.10. The Morgan fingerprint density at radius 1 is 1.10 bits per heavy atom. The molecule has 4 aromatic rings. The van der Waals surface area contributed by atoms with Crippen LogP contribution >= 0.6 is 34.0 Å². The standard InChI is InChI=1S/C14H10N4S3/c1-9-6-8-20-12(9)13-15-16-14-18(13)17-11(21-14)5-4-10-3-2-7-19-10/h2-8H,1H3/b5-4+. The van der Waals surface area contributed by atoms with Gasteiger partial charge in [0.1, 0.15) is 5.01 Å². The summed E-state index contributed by atoms with van der Waals surface area (Å²) in [6.45, 7) is 2.08. The first-order valence-corrected chi connectivity index (χ1v) is 8.87. The van der Waals surface area contributed by atoms with Crippen molar-refractivity contribution in [3.05, 3.63) is 44.4 Å². The van der Waals surface area contributed by atoms with Gasteiger partial charge in [-0.3, -0.25) is 0 Å². The lowest BCUT2D eigenvalue weighted by Crippen LogP contribution is -1.89. The molecule has 0 N–H and O–H groups in total. The van der Waals surface area contributed by atoms with Crippen LogP contribution < -0.4 is 0 Å². The predicted octanol–water partition coefficient (Wildman–Crippen LogP) is 4.45. The maximum Gasteiger partial charge on any atom is 0.235 e. The topological polar surface area (TPSA) is 43.1 Å². The van der Waals surface area contributed by atoms with Gasteiger partial charge in [-0.25, -0.2) is 0 Å². The van der Waals surface area contributed by atoms with Crippen molar-refractivity contribution in [1.29, 1.82) is 0 Å². The van der Waals surface area contributed by atoms with Gasteiger partial charge in [-0.15, -0.1) is 32.9 Å². The molecule has 0 bridgehead atoms. The Hall–Kier alpha value is -1.83. The van der Waals surface area contributed by atoms with Crippen LogP contribution in [0.4, 0.5) is 0 Å². The van der Waals surface area contributed by atoms with Crippen LogP contribution in [0.2, 0.25) is 0 Å². The van der Waals surface area contributed by atoms with E-state index in [1.54, 1.807) is 34.0 Å². The highest BCUT2D eigenvalue weighted by atomic mass is 32.1. The number of nitrogens with zero attached hydrogens (tertiary/aromatic N) is 4. The number of hydrogen-bond donors (Lipinski definition) is 0. The third-order valence-electron chi connectivity index (χ3n) is 3.01. The van der Waals surface area contributed by atoms with E-state index >= 15 is 0 Å². The fourth-order valence-corrected chi connectivity index (χ4v) is 4.24. The molecule has 0 aliphatic carbocycles. The Balaban J connectivity index is 1.74. The molecule has 7 heteroatoms. The van der Waals surface area contributed by atoms with Crippen LogP contribution in [0, 0.1) is 6.92 Å². The molecule has 0 aliphatic rings. The van der Waals surface area contributed by atoms with Crippen molar-refractivity contribution in [2.75, 3.05) is 0 Å². The molecule has 21 heavy (non-hydrogen) atoms. The van der Waals surface area contributed by atoms with Gasteiger partial charge in [-0.2, -0.15) is 9.61 Å². The average Bonchev–Trinajstić information content (AvgIpc) is 3.20. The normalized spacial score (nSPS) is 11.9. The SMILES string of the molecule is Cc1ccsc1-c1nnc2sc(/C=C/c3cccs3)nn12. The molecule has 4 nitrogen and oxygen atoms in total. The van der Waals surface area contributed by atoms with E-state index < -0.39 is 0 Å². The van der Waals surface area contributed by atoms with Crippen LogP contribution in [0.25, 0.3) is 27.8 Å². The maximum atomic E-state index is 4.60. The lowest BCUT2D eigenvalue weighted by Gasteiger charge is -1.93. The van der Waals surface area contributed by atoms with Crippen molar-refractivity contribution in [2.45, 2.75) is 6.92 Å². The fraction of sp³-hybridized carbons (Fsp3) is 0.0714. The highest BCUT2D eigenvalue weighted by Gasteiger charge is 2.15.